The molecule has 1 aromatic carbocycles. The number of nitrogens with zero attached hydrogens (tertiary/aromatic N) is 1. The summed E-state index contributed by atoms with van der Waals surface area (Å²) in [5, 5.41) is 3.35. The first-order chi connectivity index (χ1) is 9.17. The predicted molar refractivity (Wildman–Crippen MR) is 79.5 cm³/mol. The molecule has 3 nitrogen and oxygen atoms in total. The molecule has 1 fully saturated rings. The Morgan fingerprint density at radius 3 is 2.74 bits per heavy atom. The van der Waals surface area contributed by atoms with Crippen molar-refractivity contribution in [3.05, 3.63) is 29.8 Å². The van der Waals surface area contributed by atoms with Crippen LogP contribution in [-0.4, -0.2) is 39.2 Å². The third-order valence-corrected chi connectivity index (χ3v) is 4.16. The number of benzene rings is 1. The van der Waals surface area contributed by atoms with E-state index in [9.17, 15) is 0 Å². The summed E-state index contributed by atoms with van der Waals surface area (Å²) in [7, 11) is 6.00. The van der Waals surface area contributed by atoms with Gasteiger partial charge in [0.25, 0.3) is 0 Å². The summed E-state index contributed by atoms with van der Waals surface area (Å²) in [6.07, 6.45) is 4.10. The lowest BCUT2D eigenvalue weighted by molar-refractivity contribution is 0.0768. The van der Waals surface area contributed by atoms with Gasteiger partial charge in [-0.05, 0) is 50.0 Å². The Morgan fingerprint density at radius 2 is 2.16 bits per heavy atom. The molecule has 0 bridgehead atoms. The van der Waals surface area contributed by atoms with Crippen LogP contribution < -0.4 is 10.1 Å². The van der Waals surface area contributed by atoms with Crippen LogP contribution in [0, 0.1) is 5.41 Å². The largest absolute Gasteiger partial charge is 0.497 e. The van der Waals surface area contributed by atoms with E-state index in [1.165, 1.54) is 31.4 Å². The maximum Gasteiger partial charge on any atom is 0.119 e. The lowest BCUT2D eigenvalue weighted by Crippen LogP contribution is -2.46. The molecule has 0 heterocycles. The van der Waals surface area contributed by atoms with E-state index in [2.05, 4.69) is 42.5 Å². The number of hydrogen-bond acceptors (Lipinski definition) is 3. The van der Waals surface area contributed by atoms with Crippen molar-refractivity contribution in [1.82, 2.24) is 10.2 Å². The molecule has 0 saturated heterocycles. The maximum atomic E-state index is 5.28. The second-order valence-corrected chi connectivity index (χ2v) is 5.91. The molecule has 1 aliphatic carbocycles. The van der Waals surface area contributed by atoms with Crippen molar-refractivity contribution in [3.8, 4) is 5.75 Å². The number of methoxy groups -OCH3 is 1. The molecule has 1 saturated carbocycles. The van der Waals surface area contributed by atoms with Crippen molar-refractivity contribution >= 4 is 0 Å². The summed E-state index contributed by atoms with van der Waals surface area (Å²) in [6.45, 7) is 3.29. The monoisotopic (exact) mass is 262 g/mol. The molecule has 0 unspecified atom stereocenters. The highest BCUT2D eigenvalue weighted by molar-refractivity contribution is 5.28. The van der Waals surface area contributed by atoms with Crippen molar-refractivity contribution in [2.75, 3.05) is 34.3 Å². The number of nitrogens with one attached hydrogen (secondary N) is 1. The Morgan fingerprint density at radius 1 is 1.37 bits per heavy atom. The molecule has 0 radical (unpaired) electrons. The van der Waals surface area contributed by atoms with E-state index in [4.69, 9.17) is 4.74 Å². The van der Waals surface area contributed by atoms with Crippen LogP contribution in [0.1, 0.15) is 24.8 Å². The topological polar surface area (TPSA) is 24.5 Å². The zero-order valence-electron chi connectivity index (χ0n) is 12.4. The minimum Gasteiger partial charge on any atom is -0.497 e. The molecule has 0 spiro atoms. The van der Waals surface area contributed by atoms with Crippen molar-refractivity contribution in [2.45, 2.75) is 25.8 Å². The van der Waals surface area contributed by atoms with Gasteiger partial charge >= 0.3 is 0 Å². The van der Waals surface area contributed by atoms with Gasteiger partial charge in [0.15, 0.2) is 0 Å². The molecule has 2 rings (SSSR count). The standard InChI is InChI=1S/C16H26N2O/c1-17-12-16(8-5-9-16)13-18(2)11-14-6-4-7-15(10-14)19-3/h4,6-7,10,17H,5,8-9,11-13H2,1-3H3. The van der Waals surface area contributed by atoms with Crippen LogP contribution in [0.5, 0.6) is 5.75 Å². The lowest BCUT2D eigenvalue weighted by atomic mass is 9.68. The average Bonchev–Trinajstić information content (AvgIpc) is 2.36. The van der Waals surface area contributed by atoms with E-state index in [0.29, 0.717) is 5.41 Å². The fraction of sp³-hybridized carbons (Fsp3) is 0.625. The molecule has 0 atom stereocenters. The van der Waals surface area contributed by atoms with Crippen LogP contribution in [0.3, 0.4) is 0 Å². The highest BCUT2D eigenvalue weighted by atomic mass is 16.5. The van der Waals surface area contributed by atoms with E-state index < -0.39 is 0 Å². The smallest absolute Gasteiger partial charge is 0.119 e. The van der Waals surface area contributed by atoms with Gasteiger partial charge in [-0.1, -0.05) is 18.6 Å². The minimum atomic E-state index is 0.502. The van der Waals surface area contributed by atoms with Gasteiger partial charge in [0.1, 0.15) is 5.75 Å². The van der Waals surface area contributed by atoms with Crippen molar-refractivity contribution in [2.24, 2.45) is 5.41 Å². The van der Waals surface area contributed by atoms with Crippen LogP contribution in [0.4, 0.5) is 0 Å². The molecule has 1 aromatic rings. The first-order valence-corrected chi connectivity index (χ1v) is 7.13. The fourth-order valence-corrected chi connectivity index (χ4v) is 3.15. The van der Waals surface area contributed by atoms with E-state index in [0.717, 1.165) is 18.8 Å². The summed E-state index contributed by atoms with van der Waals surface area (Å²) in [6, 6.07) is 8.36. The SMILES string of the molecule is CNCC1(CN(C)Cc2cccc(OC)c2)CCC1. The quantitative estimate of drug-likeness (QED) is 0.817. The average molecular weight is 262 g/mol. The van der Waals surface area contributed by atoms with Crippen LogP contribution in [0.25, 0.3) is 0 Å². The molecule has 1 aliphatic rings. The molecule has 3 heteroatoms. The van der Waals surface area contributed by atoms with Gasteiger partial charge < -0.3 is 15.0 Å². The summed E-state index contributed by atoms with van der Waals surface area (Å²) in [4.78, 5) is 2.44. The van der Waals surface area contributed by atoms with Gasteiger partial charge in [-0.25, -0.2) is 0 Å². The van der Waals surface area contributed by atoms with E-state index in [-0.39, 0.29) is 0 Å². The summed E-state index contributed by atoms with van der Waals surface area (Å²) >= 11 is 0. The lowest BCUT2D eigenvalue weighted by Gasteiger charge is -2.44. The summed E-state index contributed by atoms with van der Waals surface area (Å²) in [5.74, 6) is 0.944. The zero-order valence-corrected chi connectivity index (χ0v) is 12.4. The van der Waals surface area contributed by atoms with Crippen molar-refractivity contribution < 1.29 is 4.74 Å². The Hall–Kier alpha value is -1.06. The molecule has 0 aromatic heterocycles. The third-order valence-electron chi connectivity index (χ3n) is 4.16. The third kappa shape index (κ3) is 3.71. The van der Waals surface area contributed by atoms with Gasteiger partial charge in [-0.15, -0.1) is 0 Å². The zero-order chi connectivity index (χ0) is 13.7. The Labute approximate surface area is 116 Å². The minimum absolute atomic E-state index is 0.502. The van der Waals surface area contributed by atoms with E-state index >= 15 is 0 Å². The maximum absolute atomic E-state index is 5.28. The van der Waals surface area contributed by atoms with Crippen molar-refractivity contribution in [1.29, 1.82) is 0 Å². The molecular formula is C16H26N2O. The number of hydrogen-bond donors (Lipinski definition) is 1. The molecule has 19 heavy (non-hydrogen) atoms. The van der Waals surface area contributed by atoms with Crippen LogP contribution in [-0.2, 0) is 6.54 Å². The first kappa shape index (κ1) is 14.4. The molecule has 1 N–H and O–H groups in total. The normalized spacial score (nSPS) is 17.3. The van der Waals surface area contributed by atoms with E-state index in [1.54, 1.807) is 7.11 Å². The van der Waals surface area contributed by atoms with Crippen LogP contribution >= 0.6 is 0 Å². The molecule has 106 valence electrons. The van der Waals surface area contributed by atoms with Crippen LogP contribution in [0.2, 0.25) is 0 Å². The number of ether oxygens (including phenoxy) is 1. The number of rotatable bonds is 7. The summed E-state index contributed by atoms with van der Waals surface area (Å²) in [5.41, 5.74) is 1.82. The van der Waals surface area contributed by atoms with Crippen molar-refractivity contribution in [3.63, 3.8) is 0 Å². The summed E-state index contributed by atoms with van der Waals surface area (Å²) < 4.78 is 5.28. The fourth-order valence-electron chi connectivity index (χ4n) is 3.15. The Balaban J connectivity index is 1.91. The molecule has 0 aliphatic heterocycles. The highest BCUT2D eigenvalue weighted by Crippen LogP contribution is 2.40. The predicted octanol–water partition coefficient (Wildman–Crippen LogP) is 2.52. The van der Waals surface area contributed by atoms with Crippen LogP contribution in [0.15, 0.2) is 24.3 Å². The first-order valence-electron chi connectivity index (χ1n) is 7.13. The Kier molecular flexibility index (Phi) is 4.83. The highest BCUT2D eigenvalue weighted by Gasteiger charge is 2.36. The van der Waals surface area contributed by atoms with Gasteiger partial charge in [0.2, 0.25) is 0 Å². The Bertz CT molecular complexity index is 401. The van der Waals surface area contributed by atoms with Gasteiger partial charge in [0, 0.05) is 19.6 Å². The van der Waals surface area contributed by atoms with Gasteiger partial charge in [-0.2, -0.15) is 0 Å². The molecular weight excluding hydrogens is 236 g/mol. The molecule has 0 amide bonds. The van der Waals surface area contributed by atoms with Gasteiger partial charge in [0.05, 0.1) is 7.11 Å². The second-order valence-electron chi connectivity index (χ2n) is 5.91. The second kappa shape index (κ2) is 6.40. The van der Waals surface area contributed by atoms with Gasteiger partial charge in [-0.3, -0.25) is 0 Å². The van der Waals surface area contributed by atoms with E-state index in [1.807, 2.05) is 6.07 Å².